The predicted octanol–water partition coefficient (Wildman–Crippen LogP) is 4.82. The van der Waals surface area contributed by atoms with Crippen LogP contribution >= 0.6 is 34.2 Å². The molecule has 0 spiro atoms. The number of fused-ring (bicyclic) bond motifs is 1. The lowest BCUT2D eigenvalue weighted by Crippen LogP contribution is -2.19. The molecule has 5 heteroatoms. The average Bonchev–Trinajstić information content (AvgIpc) is 2.34. The minimum Gasteiger partial charge on any atom is -0.383 e. The molecule has 0 radical (unpaired) electrons. The van der Waals surface area contributed by atoms with Crippen molar-refractivity contribution in [1.82, 2.24) is 4.98 Å². The molecule has 0 bridgehead atoms. The first kappa shape index (κ1) is 15.3. The van der Waals surface area contributed by atoms with Crippen LogP contribution in [0.2, 0.25) is 5.02 Å². The number of halogens is 2. The first-order valence-electron chi connectivity index (χ1n) is 6.23. The third-order valence-corrected chi connectivity index (χ3v) is 3.72. The van der Waals surface area contributed by atoms with E-state index in [9.17, 15) is 5.26 Å². The highest BCUT2D eigenvalue weighted by Gasteiger charge is 2.15. The number of nitriles is 1. The Bertz CT molecular complexity index is 699. The van der Waals surface area contributed by atoms with Gasteiger partial charge in [0, 0.05) is 21.7 Å². The van der Waals surface area contributed by atoms with Gasteiger partial charge in [0.25, 0.3) is 0 Å². The lowest BCUT2D eigenvalue weighted by molar-refractivity contribution is 0.443. The van der Waals surface area contributed by atoms with Gasteiger partial charge in [-0.05, 0) is 40.1 Å². The summed E-state index contributed by atoms with van der Waals surface area (Å²) in [4.78, 5) is 4.30. The Hall–Kier alpha value is -1.06. The molecule has 2 aromatic rings. The number of anilines is 1. The van der Waals surface area contributed by atoms with Gasteiger partial charge in [0.2, 0.25) is 0 Å². The quantitative estimate of drug-likeness (QED) is 0.736. The van der Waals surface area contributed by atoms with Crippen LogP contribution in [0.1, 0.15) is 26.3 Å². The number of nitrogens with one attached hydrogen (secondary N) is 1. The van der Waals surface area contributed by atoms with E-state index in [4.69, 9.17) is 11.6 Å². The number of rotatable bonds is 2. The summed E-state index contributed by atoms with van der Waals surface area (Å²) in [6.45, 7) is 7.20. The van der Waals surface area contributed by atoms with Crippen LogP contribution in [-0.4, -0.2) is 11.5 Å². The van der Waals surface area contributed by atoms with Crippen molar-refractivity contribution >= 4 is 50.8 Å². The molecule has 3 nitrogen and oxygen atoms in total. The summed E-state index contributed by atoms with van der Waals surface area (Å²) in [5, 5.41) is 14.2. The number of hydrogen-bond donors (Lipinski definition) is 1. The van der Waals surface area contributed by atoms with E-state index >= 15 is 0 Å². The van der Waals surface area contributed by atoms with Crippen molar-refractivity contribution in [3.05, 3.63) is 32.5 Å². The van der Waals surface area contributed by atoms with Crippen molar-refractivity contribution in [1.29, 1.82) is 5.26 Å². The van der Waals surface area contributed by atoms with E-state index in [1.165, 1.54) is 0 Å². The largest absolute Gasteiger partial charge is 0.383 e. The van der Waals surface area contributed by atoms with Crippen LogP contribution in [0.15, 0.2) is 18.3 Å². The second-order valence-corrected chi connectivity index (χ2v) is 7.51. The summed E-state index contributed by atoms with van der Waals surface area (Å²) in [7, 11) is 0. The topological polar surface area (TPSA) is 48.7 Å². The Balaban J connectivity index is 2.62. The minimum atomic E-state index is 0.119. The van der Waals surface area contributed by atoms with Crippen LogP contribution in [0.25, 0.3) is 10.9 Å². The van der Waals surface area contributed by atoms with E-state index in [-0.39, 0.29) is 5.41 Å². The summed E-state index contributed by atoms with van der Waals surface area (Å²) >= 11 is 8.46. The van der Waals surface area contributed by atoms with Crippen molar-refractivity contribution in [3.63, 3.8) is 0 Å². The van der Waals surface area contributed by atoms with Crippen LogP contribution < -0.4 is 5.32 Å². The smallest absolute Gasteiger partial charge is 0.103 e. The molecule has 0 unspecified atom stereocenters. The molecule has 104 valence electrons. The van der Waals surface area contributed by atoms with Gasteiger partial charge in [0.05, 0.1) is 21.8 Å². The summed E-state index contributed by atoms with van der Waals surface area (Å²) < 4.78 is 1.02. The molecule has 0 aliphatic carbocycles. The highest BCUT2D eigenvalue weighted by Crippen LogP contribution is 2.32. The average molecular weight is 400 g/mol. The van der Waals surface area contributed by atoms with Gasteiger partial charge in [-0.25, -0.2) is 0 Å². The predicted molar refractivity (Wildman–Crippen MR) is 92.1 cm³/mol. The third kappa shape index (κ3) is 3.33. The molecule has 20 heavy (non-hydrogen) atoms. The lowest BCUT2D eigenvalue weighted by atomic mass is 9.96. The monoisotopic (exact) mass is 399 g/mol. The highest BCUT2D eigenvalue weighted by molar-refractivity contribution is 14.1. The van der Waals surface area contributed by atoms with Gasteiger partial charge in [-0.2, -0.15) is 5.26 Å². The van der Waals surface area contributed by atoms with Gasteiger partial charge in [-0.1, -0.05) is 32.4 Å². The molecule has 0 saturated heterocycles. The van der Waals surface area contributed by atoms with E-state index in [0.717, 1.165) is 26.7 Å². The maximum Gasteiger partial charge on any atom is 0.103 e. The molecule has 1 aromatic heterocycles. The molecule has 0 atom stereocenters. The molecule has 2 rings (SSSR count). The zero-order chi connectivity index (χ0) is 14.9. The van der Waals surface area contributed by atoms with Crippen molar-refractivity contribution in [2.75, 3.05) is 11.9 Å². The summed E-state index contributed by atoms with van der Waals surface area (Å²) in [5.41, 5.74) is 2.20. The van der Waals surface area contributed by atoms with Gasteiger partial charge in [-0.3, -0.25) is 4.98 Å². The molecule has 0 aliphatic rings. The van der Waals surface area contributed by atoms with Gasteiger partial charge >= 0.3 is 0 Å². The summed E-state index contributed by atoms with van der Waals surface area (Å²) in [6, 6.07) is 6.07. The van der Waals surface area contributed by atoms with Gasteiger partial charge in [-0.15, -0.1) is 0 Å². The first-order valence-corrected chi connectivity index (χ1v) is 7.69. The van der Waals surface area contributed by atoms with Crippen molar-refractivity contribution < 1.29 is 0 Å². The van der Waals surface area contributed by atoms with E-state index in [1.807, 2.05) is 12.1 Å². The van der Waals surface area contributed by atoms with Crippen LogP contribution in [0.4, 0.5) is 5.69 Å². The van der Waals surface area contributed by atoms with Crippen molar-refractivity contribution in [2.45, 2.75) is 20.8 Å². The zero-order valence-corrected chi connectivity index (χ0v) is 14.5. The molecular weight excluding hydrogens is 385 g/mol. The van der Waals surface area contributed by atoms with Gasteiger partial charge < -0.3 is 5.32 Å². The van der Waals surface area contributed by atoms with Gasteiger partial charge in [0.1, 0.15) is 6.07 Å². The second-order valence-electron chi connectivity index (χ2n) is 5.86. The van der Waals surface area contributed by atoms with Crippen LogP contribution in [0.3, 0.4) is 0 Å². The lowest BCUT2D eigenvalue weighted by Gasteiger charge is -2.21. The molecule has 1 aromatic carbocycles. The number of nitrogens with zero attached hydrogens (tertiary/aromatic N) is 2. The van der Waals surface area contributed by atoms with E-state index in [0.29, 0.717) is 10.6 Å². The Morgan fingerprint density at radius 2 is 2.10 bits per heavy atom. The first-order chi connectivity index (χ1) is 9.31. The molecular formula is C15H15ClIN3. The maximum absolute atomic E-state index is 9.28. The fraction of sp³-hybridized carbons (Fsp3) is 0.333. The minimum absolute atomic E-state index is 0.119. The van der Waals surface area contributed by atoms with E-state index < -0.39 is 0 Å². The van der Waals surface area contributed by atoms with Crippen molar-refractivity contribution in [2.24, 2.45) is 5.41 Å². The highest BCUT2D eigenvalue weighted by atomic mass is 127. The molecule has 0 fully saturated rings. The van der Waals surface area contributed by atoms with Gasteiger partial charge in [0.15, 0.2) is 0 Å². The second kappa shape index (κ2) is 5.74. The Kier molecular flexibility index (Phi) is 4.40. The summed E-state index contributed by atoms with van der Waals surface area (Å²) in [5.74, 6) is 0. The van der Waals surface area contributed by atoms with E-state index in [2.05, 4.69) is 59.7 Å². The summed E-state index contributed by atoms with van der Waals surface area (Å²) in [6.07, 6.45) is 1.58. The normalized spacial score (nSPS) is 11.4. The number of aromatic nitrogens is 1. The Labute approximate surface area is 137 Å². The third-order valence-electron chi connectivity index (χ3n) is 2.81. The SMILES string of the molecule is CC(C)(C)CNc1c(C#N)cnc2c(Cl)cc(I)cc12. The number of benzene rings is 1. The standard InChI is InChI=1S/C15H15ClIN3/c1-15(2,3)8-20-13-9(6-18)7-19-14-11(13)4-10(17)5-12(14)16/h4-5,7H,8H2,1-3H3,(H,19,20). The molecule has 0 aliphatic heterocycles. The molecule has 0 saturated carbocycles. The fourth-order valence-corrected chi connectivity index (χ4v) is 2.93. The number of hydrogen-bond acceptors (Lipinski definition) is 3. The molecule has 0 amide bonds. The van der Waals surface area contributed by atoms with E-state index in [1.54, 1.807) is 6.20 Å². The fourth-order valence-electron chi connectivity index (χ4n) is 1.86. The maximum atomic E-state index is 9.28. The van der Waals surface area contributed by atoms with Crippen LogP contribution in [0, 0.1) is 20.3 Å². The Morgan fingerprint density at radius 1 is 1.40 bits per heavy atom. The van der Waals surface area contributed by atoms with Crippen LogP contribution in [0.5, 0.6) is 0 Å². The van der Waals surface area contributed by atoms with Crippen LogP contribution in [-0.2, 0) is 0 Å². The Morgan fingerprint density at radius 3 is 2.70 bits per heavy atom. The molecule has 1 heterocycles. The van der Waals surface area contributed by atoms with Crippen molar-refractivity contribution in [3.8, 4) is 6.07 Å². The number of pyridine rings is 1. The molecule has 1 N–H and O–H groups in total. The zero-order valence-electron chi connectivity index (χ0n) is 11.6.